The van der Waals surface area contributed by atoms with Gasteiger partial charge in [0.25, 0.3) is 0 Å². The van der Waals surface area contributed by atoms with Crippen LogP contribution in [0.5, 0.6) is 0 Å². The van der Waals surface area contributed by atoms with E-state index in [2.05, 4.69) is 4.74 Å². The summed E-state index contributed by atoms with van der Waals surface area (Å²) in [6.45, 7) is -1.46. The molecule has 0 aliphatic carbocycles. The van der Waals surface area contributed by atoms with Crippen molar-refractivity contribution in [1.29, 1.82) is 0 Å². The minimum atomic E-state index is -4.44. The Morgan fingerprint density at radius 2 is 1.87 bits per heavy atom. The molecular weight excluding hydrogens is 209 g/mol. The number of halogens is 3. The number of ether oxygens (including phenoxy) is 1. The fourth-order valence-electron chi connectivity index (χ4n) is 1.00. The van der Waals surface area contributed by atoms with E-state index in [9.17, 15) is 18.0 Å². The van der Waals surface area contributed by atoms with E-state index < -0.39 is 18.9 Å². The lowest BCUT2D eigenvalue weighted by Gasteiger charge is -2.12. The van der Waals surface area contributed by atoms with Gasteiger partial charge in [0.15, 0.2) is 0 Å². The molecule has 1 unspecified atom stereocenters. The van der Waals surface area contributed by atoms with Gasteiger partial charge in [0, 0.05) is 0 Å². The van der Waals surface area contributed by atoms with Crippen molar-refractivity contribution in [3.8, 4) is 0 Å². The van der Waals surface area contributed by atoms with Crippen LogP contribution in [0.2, 0.25) is 0 Å². The largest absolute Gasteiger partial charge is 0.411 e. The monoisotopic (exact) mass is 217 g/mol. The fourth-order valence-corrected chi connectivity index (χ4v) is 1.00. The molecule has 1 atom stereocenters. The van der Waals surface area contributed by atoms with Crippen LogP contribution >= 0.6 is 0 Å². The standard InChI is InChI=1S/C10H8F3O2/c11-10(12,13)7-15-9(6-14)8-4-2-1-3-5-8/h1-5,9H,7H2. The first-order valence-corrected chi connectivity index (χ1v) is 4.14. The number of rotatable bonds is 4. The smallest absolute Gasteiger partial charge is 0.356 e. The van der Waals surface area contributed by atoms with Gasteiger partial charge in [0.1, 0.15) is 12.7 Å². The number of alkyl halides is 3. The SMILES string of the molecule is O=[C]C(OCC(F)(F)F)c1ccccc1. The third kappa shape index (κ3) is 4.12. The van der Waals surface area contributed by atoms with E-state index in [4.69, 9.17) is 0 Å². The Kier molecular flexibility index (Phi) is 3.85. The first-order valence-electron chi connectivity index (χ1n) is 4.14. The minimum absolute atomic E-state index is 0.358. The van der Waals surface area contributed by atoms with Crippen LogP contribution in [0.25, 0.3) is 0 Å². The molecule has 0 saturated carbocycles. The Morgan fingerprint density at radius 3 is 2.33 bits per heavy atom. The predicted molar refractivity (Wildman–Crippen MR) is 46.9 cm³/mol. The number of hydrogen-bond acceptors (Lipinski definition) is 2. The maximum Gasteiger partial charge on any atom is 0.411 e. The molecule has 0 amide bonds. The highest BCUT2D eigenvalue weighted by Crippen LogP contribution is 2.20. The second kappa shape index (κ2) is 4.93. The van der Waals surface area contributed by atoms with Crippen LogP contribution in [-0.4, -0.2) is 19.1 Å². The molecule has 1 radical (unpaired) electrons. The van der Waals surface area contributed by atoms with Crippen LogP contribution in [0.15, 0.2) is 30.3 Å². The molecule has 0 heterocycles. The number of benzene rings is 1. The molecule has 0 bridgehead atoms. The Labute approximate surface area is 84.7 Å². The summed E-state index contributed by atoms with van der Waals surface area (Å²) in [5.41, 5.74) is 0.358. The van der Waals surface area contributed by atoms with Gasteiger partial charge in [-0.2, -0.15) is 13.2 Å². The molecule has 0 saturated heterocycles. The molecule has 0 spiro atoms. The van der Waals surface area contributed by atoms with Crippen LogP contribution in [0.4, 0.5) is 13.2 Å². The zero-order valence-corrected chi connectivity index (χ0v) is 7.62. The lowest BCUT2D eigenvalue weighted by Crippen LogP contribution is -2.20. The van der Waals surface area contributed by atoms with E-state index in [1.807, 2.05) is 0 Å². The molecule has 1 aromatic carbocycles. The summed E-state index contributed by atoms with van der Waals surface area (Å²) in [5, 5.41) is 0. The summed E-state index contributed by atoms with van der Waals surface area (Å²) >= 11 is 0. The summed E-state index contributed by atoms with van der Waals surface area (Å²) in [6.07, 6.45) is -4.31. The van der Waals surface area contributed by atoms with Crippen LogP contribution in [0.3, 0.4) is 0 Å². The normalized spacial score (nSPS) is 13.5. The molecule has 81 valence electrons. The molecule has 15 heavy (non-hydrogen) atoms. The fraction of sp³-hybridized carbons (Fsp3) is 0.300. The van der Waals surface area contributed by atoms with Crippen molar-refractivity contribution < 1.29 is 22.7 Å². The van der Waals surface area contributed by atoms with E-state index >= 15 is 0 Å². The lowest BCUT2D eigenvalue weighted by atomic mass is 10.1. The van der Waals surface area contributed by atoms with Gasteiger partial charge < -0.3 is 4.74 Å². The summed E-state index contributed by atoms with van der Waals surface area (Å²) in [6, 6.07) is 7.92. The Morgan fingerprint density at radius 1 is 1.27 bits per heavy atom. The molecule has 1 rings (SSSR count). The van der Waals surface area contributed by atoms with E-state index in [1.165, 1.54) is 18.4 Å². The van der Waals surface area contributed by atoms with Gasteiger partial charge in [0.05, 0.1) is 0 Å². The molecule has 1 aromatic rings. The van der Waals surface area contributed by atoms with Crippen molar-refractivity contribution >= 4 is 6.29 Å². The van der Waals surface area contributed by atoms with Crippen molar-refractivity contribution in [3.63, 3.8) is 0 Å². The summed E-state index contributed by atoms with van der Waals surface area (Å²) in [4.78, 5) is 10.4. The van der Waals surface area contributed by atoms with Gasteiger partial charge in [-0.1, -0.05) is 30.3 Å². The van der Waals surface area contributed by atoms with E-state index in [1.54, 1.807) is 18.2 Å². The molecule has 0 N–H and O–H groups in total. The van der Waals surface area contributed by atoms with Crippen molar-refractivity contribution in [2.24, 2.45) is 0 Å². The maximum absolute atomic E-state index is 11.8. The van der Waals surface area contributed by atoms with Crippen LogP contribution < -0.4 is 0 Å². The first kappa shape index (κ1) is 11.7. The zero-order valence-electron chi connectivity index (χ0n) is 7.62. The van der Waals surface area contributed by atoms with Crippen molar-refractivity contribution in [1.82, 2.24) is 0 Å². The topological polar surface area (TPSA) is 26.3 Å². The van der Waals surface area contributed by atoms with Crippen molar-refractivity contribution in [3.05, 3.63) is 35.9 Å². The van der Waals surface area contributed by atoms with Gasteiger partial charge in [-0.05, 0) is 5.56 Å². The van der Waals surface area contributed by atoms with Gasteiger partial charge >= 0.3 is 6.18 Å². The van der Waals surface area contributed by atoms with E-state index in [0.29, 0.717) is 5.56 Å². The molecule has 5 heteroatoms. The third-order valence-corrected chi connectivity index (χ3v) is 1.62. The van der Waals surface area contributed by atoms with Crippen LogP contribution in [-0.2, 0) is 9.53 Å². The zero-order chi connectivity index (χ0) is 11.3. The summed E-state index contributed by atoms with van der Waals surface area (Å²) in [5.74, 6) is 0. The Hall–Kier alpha value is -1.36. The Bertz CT molecular complexity index is 308. The molecule has 2 nitrogen and oxygen atoms in total. The van der Waals surface area contributed by atoms with E-state index in [-0.39, 0.29) is 0 Å². The van der Waals surface area contributed by atoms with Crippen molar-refractivity contribution in [2.75, 3.05) is 6.61 Å². The van der Waals surface area contributed by atoms with Crippen molar-refractivity contribution in [2.45, 2.75) is 12.3 Å². The molecule has 0 fully saturated rings. The summed E-state index contributed by atoms with van der Waals surface area (Å²) in [7, 11) is 0. The molecular formula is C10H8F3O2. The molecule has 0 aliphatic rings. The highest BCUT2D eigenvalue weighted by atomic mass is 19.4. The average molecular weight is 217 g/mol. The number of hydrogen-bond donors (Lipinski definition) is 0. The first-order chi connectivity index (χ1) is 7.03. The quantitative estimate of drug-likeness (QED) is 0.774. The van der Waals surface area contributed by atoms with Crippen LogP contribution in [0.1, 0.15) is 11.7 Å². The Balaban J connectivity index is 2.62. The van der Waals surface area contributed by atoms with Gasteiger partial charge in [0.2, 0.25) is 6.29 Å². The second-order valence-electron chi connectivity index (χ2n) is 2.83. The highest BCUT2D eigenvalue weighted by molar-refractivity contribution is 5.60. The lowest BCUT2D eigenvalue weighted by molar-refractivity contribution is -0.179. The van der Waals surface area contributed by atoms with E-state index in [0.717, 1.165) is 0 Å². The average Bonchev–Trinajstić information content (AvgIpc) is 2.19. The predicted octanol–water partition coefficient (Wildman–Crippen LogP) is 2.42. The summed E-state index contributed by atoms with van der Waals surface area (Å²) < 4.78 is 39.8. The number of carbonyl (C=O) groups excluding carboxylic acids is 1. The molecule has 0 aliphatic heterocycles. The minimum Gasteiger partial charge on any atom is -0.356 e. The highest BCUT2D eigenvalue weighted by Gasteiger charge is 2.29. The third-order valence-electron chi connectivity index (χ3n) is 1.62. The van der Waals surface area contributed by atoms with Gasteiger partial charge in [-0.15, -0.1) is 0 Å². The maximum atomic E-state index is 11.8. The van der Waals surface area contributed by atoms with Gasteiger partial charge in [-0.3, -0.25) is 4.79 Å². The second-order valence-corrected chi connectivity index (χ2v) is 2.83. The van der Waals surface area contributed by atoms with Gasteiger partial charge in [-0.25, -0.2) is 0 Å². The molecule has 0 aromatic heterocycles. The van der Waals surface area contributed by atoms with Crippen LogP contribution in [0, 0.1) is 0 Å².